The molecule has 3 unspecified atom stereocenters. The first-order valence-corrected chi connectivity index (χ1v) is 22.6. The summed E-state index contributed by atoms with van der Waals surface area (Å²) in [6, 6.07) is 0. The van der Waals surface area contributed by atoms with Gasteiger partial charge in [0.25, 0.3) is 0 Å². The summed E-state index contributed by atoms with van der Waals surface area (Å²) < 4.78 is 60.9. The van der Waals surface area contributed by atoms with Crippen LogP contribution in [0.4, 0.5) is 0 Å². The Morgan fingerprint density at radius 1 is 1.06 bits per heavy atom. The van der Waals surface area contributed by atoms with Gasteiger partial charge in [-0.2, -0.15) is 4.31 Å². The van der Waals surface area contributed by atoms with Crippen molar-refractivity contribution in [2.45, 2.75) is 134 Å². The van der Waals surface area contributed by atoms with Crippen molar-refractivity contribution in [1.29, 1.82) is 0 Å². The second-order valence-electron chi connectivity index (χ2n) is 16.3. The summed E-state index contributed by atoms with van der Waals surface area (Å²) in [6.07, 6.45) is 12.5. The molecule has 5 fully saturated rings. The van der Waals surface area contributed by atoms with Crippen LogP contribution in [0, 0.1) is 28.6 Å². The minimum absolute atomic E-state index is 0.00760. The lowest BCUT2D eigenvalue weighted by molar-refractivity contribution is -0.198. The summed E-state index contributed by atoms with van der Waals surface area (Å²) >= 11 is 0. The zero-order chi connectivity index (χ0) is 38.9. The van der Waals surface area contributed by atoms with Gasteiger partial charge >= 0.3 is 15.6 Å². The van der Waals surface area contributed by atoms with E-state index in [4.69, 9.17) is 27.6 Å². The summed E-state index contributed by atoms with van der Waals surface area (Å²) in [6.45, 7) is 4.11. The van der Waals surface area contributed by atoms with Crippen molar-refractivity contribution >= 4 is 33.1 Å². The number of carbonyl (C=O) groups is 3. The lowest BCUT2D eigenvalue weighted by atomic mass is 9.46. The number of hydrogen-bond donors (Lipinski definition) is 4. The average molecular weight is 802 g/mol. The lowest BCUT2D eigenvalue weighted by Gasteiger charge is -2.60. The molecule has 0 aromatic carbocycles. The Hall–Kier alpha value is -1.61. The number of nitrogens with one attached hydrogen (secondary N) is 1. The van der Waals surface area contributed by atoms with Crippen LogP contribution in [0.2, 0.25) is 0 Å². The molecule has 6 rings (SSSR count). The van der Waals surface area contributed by atoms with Gasteiger partial charge in [-0.3, -0.25) is 23.4 Å². The molecule has 1 heterocycles. The van der Waals surface area contributed by atoms with Crippen LogP contribution in [0.3, 0.4) is 0 Å². The number of rotatable bonds is 15. The summed E-state index contributed by atoms with van der Waals surface area (Å²) in [5, 5.41) is 12.8. The highest BCUT2D eigenvalue weighted by Gasteiger charge is 2.76. The van der Waals surface area contributed by atoms with Crippen LogP contribution in [0.1, 0.15) is 104 Å². The second kappa shape index (κ2) is 16.7. The molecule has 1 aliphatic heterocycles. The van der Waals surface area contributed by atoms with Crippen LogP contribution in [0.5, 0.6) is 0 Å². The average Bonchev–Trinajstić information content (AvgIpc) is 3.57. The van der Waals surface area contributed by atoms with Gasteiger partial charge < -0.3 is 34.4 Å². The van der Waals surface area contributed by atoms with E-state index in [0.717, 1.165) is 50.5 Å². The van der Waals surface area contributed by atoms with Gasteiger partial charge in [0.1, 0.15) is 13.2 Å². The number of carbonyl (C=O) groups excluding carboxylic acids is 3. The zero-order valence-corrected chi connectivity index (χ0v) is 33.3. The largest absolute Gasteiger partial charge is 0.481 e. The van der Waals surface area contributed by atoms with Crippen molar-refractivity contribution in [3.63, 3.8) is 0 Å². The first kappa shape index (κ1) is 42.0. The third-order valence-electron chi connectivity index (χ3n) is 13.0. The molecule has 0 aromatic rings. The van der Waals surface area contributed by atoms with Gasteiger partial charge in [0.05, 0.1) is 24.9 Å². The number of phosphoric acid groups is 2. The van der Waals surface area contributed by atoms with Crippen molar-refractivity contribution in [1.82, 2.24) is 5.32 Å². The smallest absolute Gasteiger partial charge is 0.388 e. The summed E-state index contributed by atoms with van der Waals surface area (Å²) in [5.74, 6) is -2.08. The zero-order valence-electron chi connectivity index (χ0n) is 31.5. The molecule has 5 aliphatic carbocycles. The van der Waals surface area contributed by atoms with Crippen LogP contribution in [0.15, 0.2) is 23.8 Å². The molecular weight excluding hydrogens is 744 g/mol. The number of ether oxygens (including phenoxy) is 3. The molecule has 6 aliphatic rings. The number of Topliss-reactive ketones (excluding diaryl/α,β-unsaturated/α-hetero) is 1. The fourth-order valence-electron chi connectivity index (χ4n) is 10.7. The fraction of sp³-hybridized carbons (Fsp3) is 0.811. The highest BCUT2D eigenvalue weighted by Crippen LogP contribution is 2.72. The number of ketones is 2. The van der Waals surface area contributed by atoms with E-state index in [0.29, 0.717) is 25.7 Å². The van der Waals surface area contributed by atoms with Gasteiger partial charge in [0, 0.05) is 23.3 Å². The van der Waals surface area contributed by atoms with E-state index in [1.54, 1.807) is 12.2 Å². The van der Waals surface area contributed by atoms with E-state index < -0.39 is 81.4 Å². The third-order valence-corrected chi connectivity index (χ3v) is 15.7. The standard InChI is InChI=1S/C37H57NO14P2/c1-4-10-33-49-31-20-28-27-14-13-24-19-25(40)15-16-35(24,2)34(27)29(21-36(28,3)37(31,50-33)30(41)22-39)51-54(45,46)52-53(43,44)48-18-17-38-32(42)23-47-26-11-8-6-5-7-9-12-26/h15-16,19,26-29,31,33-34,39H,4-14,17-18,20-23H2,1-3H3,(H,38,42)(H,43,44)(H,45,46)/t27-,28-,29-,31+,33?,34+,35-,36-,37+/m0/s1. The quantitative estimate of drug-likeness (QED) is 0.124. The summed E-state index contributed by atoms with van der Waals surface area (Å²) in [7, 11) is -10.6. The van der Waals surface area contributed by atoms with E-state index in [1.807, 2.05) is 20.8 Å². The minimum atomic E-state index is -5.37. The van der Waals surface area contributed by atoms with Crippen LogP contribution >= 0.6 is 15.6 Å². The van der Waals surface area contributed by atoms with E-state index in [9.17, 15) is 38.4 Å². The topological polar surface area (TPSA) is 213 Å². The van der Waals surface area contributed by atoms with Gasteiger partial charge in [-0.05, 0) is 68.9 Å². The van der Waals surface area contributed by atoms with E-state index >= 15 is 0 Å². The van der Waals surface area contributed by atoms with Crippen molar-refractivity contribution in [3.8, 4) is 0 Å². The molecule has 4 saturated carbocycles. The number of aliphatic hydroxyl groups excluding tert-OH is 1. The number of phosphoric ester groups is 2. The Balaban J connectivity index is 1.16. The van der Waals surface area contributed by atoms with Crippen molar-refractivity contribution < 1.29 is 66.0 Å². The van der Waals surface area contributed by atoms with E-state index in [-0.39, 0.29) is 43.3 Å². The van der Waals surface area contributed by atoms with Crippen LogP contribution < -0.4 is 5.32 Å². The third kappa shape index (κ3) is 8.34. The Kier molecular flexibility index (Phi) is 13.0. The molecular formula is C37H57NO14P2. The first-order valence-electron chi connectivity index (χ1n) is 19.6. The second-order valence-corrected chi connectivity index (χ2v) is 19.3. The molecule has 0 spiro atoms. The van der Waals surface area contributed by atoms with Crippen molar-refractivity contribution in [3.05, 3.63) is 23.8 Å². The number of allylic oxidation sites excluding steroid dienone is 4. The highest BCUT2D eigenvalue weighted by molar-refractivity contribution is 7.61. The molecule has 0 bridgehead atoms. The summed E-state index contributed by atoms with van der Waals surface area (Å²) in [5.41, 5.74) is -2.56. The Labute approximate surface area is 317 Å². The number of fused-ring (bicyclic) bond motifs is 7. The minimum Gasteiger partial charge on any atom is -0.388 e. The maximum Gasteiger partial charge on any atom is 0.481 e. The number of hydrogen-bond acceptors (Lipinski definition) is 12. The molecule has 17 heteroatoms. The first-order chi connectivity index (χ1) is 25.6. The molecule has 304 valence electrons. The highest BCUT2D eigenvalue weighted by atomic mass is 31.3. The Bertz CT molecular complexity index is 1580. The van der Waals surface area contributed by atoms with E-state index in [2.05, 4.69) is 5.32 Å². The number of amides is 1. The summed E-state index contributed by atoms with van der Waals surface area (Å²) in [4.78, 5) is 60.2. The van der Waals surface area contributed by atoms with Crippen LogP contribution in [-0.2, 0) is 51.1 Å². The molecule has 11 atom stereocenters. The molecule has 1 amide bonds. The predicted molar refractivity (Wildman–Crippen MR) is 193 cm³/mol. The molecule has 54 heavy (non-hydrogen) atoms. The Morgan fingerprint density at radius 3 is 2.48 bits per heavy atom. The van der Waals surface area contributed by atoms with Gasteiger partial charge in [-0.15, -0.1) is 0 Å². The van der Waals surface area contributed by atoms with Gasteiger partial charge in [-0.25, -0.2) is 9.13 Å². The van der Waals surface area contributed by atoms with E-state index in [1.165, 1.54) is 12.5 Å². The number of aliphatic hydroxyl groups is 1. The molecule has 0 radical (unpaired) electrons. The Morgan fingerprint density at radius 2 is 1.78 bits per heavy atom. The van der Waals surface area contributed by atoms with Gasteiger partial charge in [0.15, 0.2) is 23.5 Å². The predicted octanol–water partition coefficient (Wildman–Crippen LogP) is 5.22. The molecule has 1 saturated heterocycles. The van der Waals surface area contributed by atoms with Gasteiger partial charge in [0.2, 0.25) is 5.91 Å². The van der Waals surface area contributed by atoms with Crippen LogP contribution in [-0.4, -0.2) is 88.9 Å². The fourth-order valence-corrected chi connectivity index (χ4v) is 13.0. The van der Waals surface area contributed by atoms with Gasteiger partial charge in [-0.1, -0.05) is 70.9 Å². The SMILES string of the molecule is CCCC1O[C@@H]2C[C@H]3[C@@H]4CCC5=CC(=O)C=C[C@]5(C)[C@H]4[C@@H](OP(=O)(O)OP(=O)(O)OCCNC(=O)COC4CCCCCCC4)C[C@]3(C)[C@]2(C(=O)CO)O1. The monoisotopic (exact) mass is 801 g/mol. The maximum atomic E-state index is 13.8. The van der Waals surface area contributed by atoms with Crippen LogP contribution in [0.25, 0.3) is 0 Å². The molecule has 0 aromatic heterocycles. The lowest BCUT2D eigenvalue weighted by Crippen LogP contribution is -2.63. The normalized spacial score (nSPS) is 38.8. The molecule has 4 N–H and O–H groups in total. The maximum absolute atomic E-state index is 13.8. The molecule has 15 nitrogen and oxygen atoms in total. The van der Waals surface area contributed by atoms with Crippen molar-refractivity contribution in [2.75, 3.05) is 26.4 Å². The van der Waals surface area contributed by atoms with Crippen molar-refractivity contribution in [2.24, 2.45) is 28.6 Å².